The van der Waals surface area contributed by atoms with Gasteiger partial charge in [-0.25, -0.2) is 20.0 Å². The number of hydrogen-bond donors (Lipinski definition) is 1. The van der Waals surface area contributed by atoms with Crippen LogP contribution in [-0.4, -0.2) is 28.7 Å². The zero-order chi connectivity index (χ0) is 20.5. The summed E-state index contributed by atoms with van der Waals surface area (Å²) >= 11 is 0. The lowest BCUT2D eigenvalue weighted by Gasteiger charge is -2.23. The van der Waals surface area contributed by atoms with Crippen LogP contribution in [0.1, 0.15) is 19.4 Å². The van der Waals surface area contributed by atoms with Gasteiger partial charge >= 0.3 is 12.2 Å². The summed E-state index contributed by atoms with van der Waals surface area (Å²) in [7, 11) is 0. The highest BCUT2D eigenvalue weighted by atomic mass is 16.6. The molecule has 0 saturated carbocycles. The molecule has 0 saturated heterocycles. The molecule has 1 N–H and O–H groups in total. The van der Waals surface area contributed by atoms with Gasteiger partial charge in [-0.2, -0.15) is 0 Å². The second-order valence-corrected chi connectivity index (χ2v) is 6.30. The molecule has 0 heterocycles. The first-order chi connectivity index (χ1) is 13.3. The van der Waals surface area contributed by atoms with Crippen molar-refractivity contribution in [2.24, 2.45) is 5.92 Å². The lowest BCUT2D eigenvalue weighted by molar-refractivity contribution is -0.384. The van der Waals surface area contributed by atoms with Crippen LogP contribution in [-0.2, 0) is 11.3 Å². The molecular formula is C19H21N3O6. The van der Waals surface area contributed by atoms with Crippen LogP contribution in [0.25, 0.3) is 0 Å². The lowest BCUT2D eigenvalue weighted by Crippen LogP contribution is -2.49. The van der Waals surface area contributed by atoms with Crippen molar-refractivity contribution in [2.75, 3.05) is 6.54 Å². The smallest absolute Gasteiger partial charge is 0.434 e. The molecule has 0 atom stereocenters. The van der Waals surface area contributed by atoms with Crippen LogP contribution in [0.3, 0.4) is 0 Å². The highest BCUT2D eigenvalue weighted by Gasteiger charge is 2.21. The molecule has 0 radical (unpaired) electrons. The van der Waals surface area contributed by atoms with Gasteiger partial charge in [0, 0.05) is 18.7 Å². The molecular weight excluding hydrogens is 366 g/mol. The van der Waals surface area contributed by atoms with Crippen LogP contribution < -0.4 is 10.2 Å². The quantitative estimate of drug-likeness (QED) is 0.594. The first-order valence-electron chi connectivity index (χ1n) is 8.56. The average molecular weight is 387 g/mol. The number of hydrogen-bond acceptors (Lipinski definition) is 6. The van der Waals surface area contributed by atoms with Crippen molar-refractivity contribution in [3.63, 3.8) is 0 Å². The Morgan fingerprint density at radius 3 is 2.32 bits per heavy atom. The number of rotatable bonds is 6. The third-order valence-electron chi connectivity index (χ3n) is 3.46. The van der Waals surface area contributed by atoms with E-state index in [0.717, 1.165) is 10.6 Å². The molecule has 0 aliphatic carbocycles. The zero-order valence-corrected chi connectivity index (χ0v) is 15.5. The Balaban J connectivity index is 1.95. The number of hydrazine groups is 1. The van der Waals surface area contributed by atoms with Crippen molar-refractivity contribution in [3.05, 3.63) is 70.3 Å². The topological polar surface area (TPSA) is 111 Å². The maximum atomic E-state index is 12.4. The van der Waals surface area contributed by atoms with Crippen LogP contribution in [0.4, 0.5) is 15.3 Å². The van der Waals surface area contributed by atoms with E-state index in [2.05, 4.69) is 5.43 Å². The number of carbonyl (C=O) groups excluding carboxylic acids is 2. The molecule has 9 nitrogen and oxygen atoms in total. The molecule has 28 heavy (non-hydrogen) atoms. The Labute approximate surface area is 162 Å². The van der Waals surface area contributed by atoms with E-state index in [1.54, 1.807) is 0 Å². The highest BCUT2D eigenvalue weighted by Crippen LogP contribution is 2.18. The minimum absolute atomic E-state index is 0.0406. The van der Waals surface area contributed by atoms with Gasteiger partial charge in [0.25, 0.3) is 5.69 Å². The molecule has 2 rings (SSSR count). The summed E-state index contributed by atoms with van der Waals surface area (Å²) in [6, 6.07) is 14.2. The van der Waals surface area contributed by atoms with Crippen molar-refractivity contribution in [1.29, 1.82) is 0 Å². The highest BCUT2D eigenvalue weighted by molar-refractivity contribution is 5.75. The van der Waals surface area contributed by atoms with Crippen LogP contribution in [0, 0.1) is 16.0 Å². The molecule has 0 fully saturated rings. The van der Waals surface area contributed by atoms with E-state index >= 15 is 0 Å². The lowest BCUT2D eigenvalue weighted by atomic mass is 10.2. The van der Waals surface area contributed by atoms with Gasteiger partial charge in [-0.1, -0.05) is 44.2 Å². The van der Waals surface area contributed by atoms with E-state index in [1.807, 2.05) is 44.2 Å². The van der Waals surface area contributed by atoms with Crippen LogP contribution >= 0.6 is 0 Å². The fraction of sp³-hybridized carbons (Fsp3) is 0.263. The molecule has 0 aliphatic rings. The van der Waals surface area contributed by atoms with Gasteiger partial charge in [0.1, 0.15) is 12.4 Å². The Kier molecular flexibility index (Phi) is 7.32. The van der Waals surface area contributed by atoms with E-state index < -0.39 is 17.1 Å². The van der Waals surface area contributed by atoms with Crippen LogP contribution in [0.2, 0.25) is 0 Å². The molecule has 2 aromatic rings. The number of benzene rings is 2. The Bertz CT molecular complexity index is 808. The summed E-state index contributed by atoms with van der Waals surface area (Å²) < 4.78 is 10.3. The summed E-state index contributed by atoms with van der Waals surface area (Å²) in [6.07, 6.45) is -1.63. The standard InChI is InChI=1S/C19H21N3O6/c1-14(2)12-21(20-18(23)27-13-15-6-4-3-5-7-15)19(24)28-17-10-8-16(9-11-17)22(25)26/h3-11,14H,12-13H2,1-2H3,(H,20,23). The SMILES string of the molecule is CC(C)CN(NC(=O)OCc1ccccc1)C(=O)Oc1ccc([N+](=O)[O-])cc1. The third kappa shape index (κ3) is 6.60. The second kappa shape index (κ2) is 9.91. The predicted molar refractivity (Wildman–Crippen MR) is 100 cm³/mol. The minimum Gasteiger partial charge on any atom is -0.443 e. The number of carbonyl (C=O) groups is 2. The fourth-order valence-electron chi connectivity index (χ4n) is 2.19. The van der Waals surface area contributed by atoms with Crippen molar-refractivity contribution < 1.29 is 24.0 Å². The van der Waals surface area contributed by atoms with E-state index in [9.17, 15) is 19.7 Å². The maximum absolute atomic E-state index is 12.4. The summed E-state index contributed by atoms with van der Waals surface area (Å²) in [5.41, 5.74) is 3.04. The minimum atomic E-state index is -0.834. The Hall–Kier alpha value is -3.62. The maximum Gasteiger partial charge on any atom is 0.434 e. The molecule has 0 aromatic heterocycles. The monoisotopic (exact) mass is 387 g/mol. The van der Waals surface area contributed by atoms with Gasteiger partial charge in [-0.05, 0) is 23.6 Å². The first kappa shape index (κ1) is 20.7. The van der Waals surface area contributed by atoms with E-state index in [-0.39, 0.29) is 30.5 Å². The number of nitrogens with one attached hydrogen (secondary N) is 1. The molecule has 0 spiro atoms. The normalized spacial score (nSPS) is 10.2. The molecule has 2 aromatic carbocycles. The van der Waals surface area contributed by atoms with Crippen molar-refractivity contribution in [1.82, 2.24) is 10.4 Å². The Morgan fingerprint density at radius 1 is 1.11 bits per heavy atom. The number of nitrogens with zero attached hydrogens (tertiary/aromatic N) is 2. The summed E-state index contributed by atoms with van der Waals surface area (Å²) in [5, 5.41) is 11.7. The number of nitro benzene ring substituents is 1. The van der Waals surface area contributed by atoms with E-state index in [4.69, 9.17) is 9.47 Å². The predicted octanol–water partition coefficient (Wildman–Crippen LogP) is 3.89. The van der Waals surface area contributed by atoms with E-state index in [1.165, 1.54) is 24.3 Å². The number of amides is 2. The van der Waals surface area contributed by atoms with Gasteiger partial charge in [0.05, 0.1) is 4.92 Å². The van der Waals surface area contributed by atoms with Crippen LogP contribution in [0.5, 0.6) is 5.75 Å². The third-order valence-corrected chi connectivity index (χ3v) is 3.46. The molecule has 148 valence electrons. The average Bonchev–Trinajstić information content (AvgIpc) is 2.66. The molecule has 0 unspecified atom stereocenters. The fourth-order valence-corrected chi connectivity index (χ4v) is 2.19. The molecule has 0 bridgehead atoms. The first-order valence-corrected chi connectivity index (χ1v) is 8.56. The van der Waals surface area contributed by atoms with Crippen LogP contribution in [0.15, 0.2) is 54.6 Å². The van der Waals surface area contributed by atoms with Gasteiger partial charge in [-0.3, -0.25) is 10.1 Å². The Morgan fingerprint density at radius 2 is 1.75 bits per heavy atom. The molecule has 9 heteroatoms. The molecule has 2 amide bonds. The summed E-state index contributed by atoms with van der Waals surface area (Å²) in [4.78, 5) is 34.5. The van der Waals surface area contributed by atoms with Crippen molar-refractivity contribution >= 4 is 17.9 Å². The number of nitro groups is 1. The van der Waals surface area contributed by atoms with Crippen molar-refractivity contribution in [2.45, 2.75) is 20.5 Å². The summed E-state index contributed by atoms with van der Waals surface area (Å²) in [5.74, 6) is 0.155. The largest absolute Gasteiger partial charge is 0.443 e. The summed E-state index contributed by atoms with van der Waals surface area (Å²) in [6.45, 7) is 3.97. The van der Waals surface area contributed by atoms with Gasteiger partial charge in [0.2, 0.25) is 0 Å². The second-order valence-electron chi connectivity index (χ2n) is 6.30. The molecule has 0 aliphatic heterocycles. The van der Waals surface area contributed by atoms with Crippen molar-refractivity contribution in [3.8, 4) is 5.75 Å². The zero-order valence-electron chi connectivity index (χ0n) is 15.5. The number of ether oxygens (including phenoxy) is 2. The number of non-ortho nitro benzene ring substituents is 1. The van der Waals surface area contributed by atoms with E-state index in [0.29, 0.717) is 0 Å². The van der Waals surface area contributed by atoms with Gasteiger partial charge < -0.3 is 9.47 Å². The van der Waals surface area contributed by atoms with Gasteiger partial charge in [-0.15, -0.1) is 0 Å². The van der Waals surface area contributed by atoms with Gasteiger partial charge in [0.15, 0.2) is 0 Å².